The molecule has 0 bridgehead atoms. The predicted octanol–water partition coefficient (Wildman–Crippen LogP) is 1.31. The van der Waals surface area contributed by atoms with Crippen molar-refractivity contribution < 1.29 is 4.79 Å². The highest BCUT2D eigenvalue weighted by Gasteiger charge is 2.10. The first-order chi connectivity index (χ1) is 9.66. The SMILES string of the molecule is Cc1ccc(S)cc1C(=O)NCCCN1CCNCC1. The van der Waals surface area contributed by atoms with E-state index >= 15 is 0 Å². The average Bonchev–Trinajstić information content (AvgIpc) is 2.47. The molecule has 1 fully saturated rings. The first-order valence-electron chi connectivity index (χ1n) is 7.18. The van der Waals surface area contributed by atoms with Crippen LogP contribution < -0.4 is 10.6 Å². The molecule has 0 saturated carbocycles. The number of piperazine rings is 1. The van der Waals surface area contributed by atoms with Gasteiger partial charge in [0.2, 0.25) is 0 Å². The van der Waals surface area contributed by atoms with Gasteiger partial charge in [-0.15, -0.1) is 12.6 Å². The smallest absolute Gasteiger partial charge is 0.251 e. The number of thiol groups is 1. The van der Waals surface area contributed by atoms with Gasteiger partial charge >= 0.3 is 0 Å². The number of nitrogens with zero attached hydrogens (tertiary/aromatic N) is 1. The van der Waals surface area contributed by atoms with E-state index in [1.54, 1.807) is 0 Å². The average molecular weight is 293 g/mol. The van der Waals surface area contributed by atoms with E-state index in [1.165, 1.54) is 0 Å². The third kappa shape index (κ3) is 4.51. The molecule has 5 heteroatoms. The van der Waals surface area contributed by atoms with Crippen molar-refractivity contribution >= 4 is 18.5 Å². The van der Waals surface area contributed by atoms with Crippen LogP contribution in [0, 0.1) is 6.92 Å². The molecule has 1 aromatic rings. The Labute approximate surface area is 126 Å². The van der Waals surface area contributed by atoms with Crippen molar-refractivity contribution in [3.05, 3.63) is 29.3 Å². The molecule has 2 rings (SSSR count). The van der Waals surface area contributed by atoms with Crippen molar-refractivity contribution in [2.24, 2.45) is 0 Å². The molecule has 1 amide bonds. The van der Waals surface area contributed by atoms with Crippen LogP contribution in [0.15, 0.2) is 23.1 Å². The summed E-state index contributed by atoms with van der Waals surface area (Å²) >= 11 is 4.28. The number of carbonyl (C=O) groups is 1. The van der Waals surface area contributed by atoms with Crippen LogP contribution in [0.25, 0.3) is 0 Å². The fourth-order valence-electron chi connectivity index (χ4n) is 2.39. The van der Waals surface area contributed by atoms with Gasteiger partial charge in [-0.3, -0.25) is 4.79 Å². The highest BCUT2D eigenvalue weighted by molar-refractivity contribution is 7.80. The van der Waals surface area contributed by atoms with E-state index in [1.807, 2.05) is 25.1 Å². The second-order valence-corrected chi connectivity index (χ2v) is 5.72. The Bertz CT molecular complexity index is 458. The Hall–Kier alpha value is -1.04. The maximum absolute atomic E-state index is 12.1. The normalized spacial score (nSPS) is 16.1. The van der Waals surface area contributed by atoms with E-state index < -0.39 is 0 Å². The Balaban J connectivity index is 1.73. The standard InChI is InChI=1S/C15H23N3OS/c1-12-3-4-13(20)11-14(12)15(19)17-5-2-8-18-9-6-16-7-10-18/h3-4,11,16,20H,2,5-10H2,1H3,(H,17,19). The van der Waals surface area contributed by atoms with E-state index in [2.05, 4.69) is 28.2 Å². The van der Waals surface area contributed by atoms with Crippen LogP contribution in [-0.4, -0.2) is 50.1 Å². The van der Waals surface area contributed by atoms with Crippen molar-refractivity contribution in [1.82, 2.24) is 15.5 Å². The predicted molar refractivity (Wildman–Crippen MR) is 84.7 cm³/mol. The van der Waals surface area contributed by atoms with Gasteiger partial charge in [-0.1, -0.05) is 6.07 Å². The maximum Gasteiger partial charge on any atom is 0.251 e. The lowest BCUT2D eigenvalue weighted by atomic mass is 10.1. The molecule has 0 spiro atoms. The van der Waals surface area contributed by atoms with Crippen molar-refractivity contribution in [3.8, 4) is 0 Å². The molecule has 0 radical (unpaired) electrons. The highest BCUT2D eigenvalue weighted by atomic mass is 32.1. The molecule has 0 unspecified atom stereocenters. The summed E-state index contributed by atoms with van der Waals surface area (Å²) in [7, 11) is 0. The van der Waals surface area contributed by atoms with Gasteiger partial charge in [0.25, 0.3) is 5.91 Å². The van der Waals surface area contributed by atoms with Gasteiger partial charge in [0.15, 0.2) is 0 Å². The molecular weight excluding hydrogens is 270 g/mol. The van der Waals surface area contributed by atoms with Crippen LogP contribution in [-0.2, 0) is 0 Å². The lowest BCUT2D eigenvalue weighted by Crippen LogP contribution is -2.44. The van der Waals surface area contributed by atoms with E-state index in [-0.39, 0.29) is 5.91 Å². The van der Waals surface area contributed by atoms with Gasteiger partial charge in [-0.25, -0.2) is 0 Å². The number of nitrogens with one attached hydrogen (secondary N) is 2. The van der Waals surface area contributed by atoms with Crippen LogP contribution in [0.5, 0.6) is 0 Å². The van der Waals surface area contributed by atoms with Crippen LogP contribution in [0.2, 0.25) is 0 Å². The molecule has 1 aromatic carbocycles. The lowest BCUT2D eigenvalue weighted by molar-refractivity contribution is 0.0950. The van der Waals surface area contributed by atoms with E-state index in [4.69, 9.17) is 0 Å². The number of amides is 1. The van der Waals surface area contributed by atoms with Crippen molar-refractivity contribution in [2.45, 2.75) is 18.2 Å². The molecule has 0 aliphatic carbocycles. The van der Waals surface area contributed by atoms with Gasteiger partial charge < -0.3 is 15.5 Å². The zero-order valence-electron chi connectivity index (χ0n) is 12.0. The fraction of sp³-hybridized carbons (Fsp3) is 0.533. The van der Waals surface area contributed by atoms with Crippen LogP contribution >= 0.6 is 12.6 Å². The topological polar surface area (TPSA) is 44.4 Å². The molecule has 0 atom stereocenters. The molecule has 4 nitrogen and oxygen atoms in total. The van der Waals surface area contributed by atoms with E-state index in [9.17, 15) is 4.79 Å². The Morgan fingerprint density at radius 2 is 2.15 bits per heavy atom. The second kappa shape index (κ2) is 7.67. The molecule has 1 aliphatic heterocycles. The van der Waals surface area contributed by atoms with Crippen LogP contribution in [0.4, 0.5) is 0 Å². The minimum atomic E-state index is -0.00119. The molecule has 1 aliphatic rings. The number of hydrogen-bond donors (Lipinski definition) is 3. The van der Waals surface area contributed by atoms with Crippen molar-refractivity contribution in [2.75, 3.05) is 39.3 Å². The van der Waals surface area contributed by atoms with Gasteiger partial charge in [0, 0.05) is 43.2 Å². The van der Waals surface area contributed by atoms with E-state index in [0.717, 1.165) is 61.7 Å². The minimum Gasteiger partial charge on any atom is -0.352 e. The molecule has 1 heterocycles. The number of aryl methyl sites for hydroxylation is 1. The Kier molecular flexibility index (Phi) is 5.88. The molecule has 20 heavy (non-hydrogen) atoms. The largest absolute Gasteiger partial charge is 0.352 e. The molecule has 0 aromatic heterocycles. The summed E-state index contributed by atoms with van der Waals surface area (Å²) in [5.41, 5.74) is 1.71. The van der Waals surface area contributed by atoms with Crippen molar-refractivity contribution in [1.29, 1.82) is 0 Å². The third-order valence-electron chi connectivity index (χ3n) is 3.61. The highest BCUT2D eigenvalue weighted by Crippen LogP contribution is 2.13. The first kappa shape index (κ1) is 15.4. The van der Waals surface area contributed by atoms with Crippen molar-refractivity contribution in [3.63, 3.8) is 0 Å². The van der Waals surface area contributed by atoms with Crippen LogP contribution in [0.3, 0.4) is 0 Å². The monoisotopic (exact) mass is 293 g/mol. The summed E-state index contributed by atoms with van der Waals surface area (Å²) in [4.78, 5) is 15.4. The van der Waals surface area contributed by atoms with Gasteiger partial charge in [0.1, 0.15) is 0 Å². The summed E-state index contributed by atoms with van der Waals surface area (Å²) in [5, 5.41) is 6.33. The van der Waals surface area contributed by atoms with Crippen LogP contribution in [0.1, 0.15) is 22.3 Å². The van der Waals surface area contributed by atoms with Gasteiger partial charge in [0.05, 0.1) is 0 Å². The fourth-order valence-corrected chi connectivity index (χ4v) is 2.59. The lowest BCUT2D eigenvalue weighted by Gasteiger charge is -2.27. The molecule has 2 N–H and O–H groups in total. The summed E-state index contributed by atoms with van der Waals surface area (Å²) in [6.45, 7) is 8.07. The van der Waals surface area contributed by atoms with Gasteiger partial charge in [-0.05, 0) is 37.6 Å². The minimum absolute atomic E-state index is 0.00119. The molecule has 110 valence electrons. The number of rotatable bonds is 5. The quantitative estimate of drug-likeness (QED) is 0.566. The Morgan fingerprint density at radius 1 is 1.40 bits per heavy atom. The number of carbonyl (C=O) groups excluding carboxylic acids is 1. The number of benzene rings is 1. The first-order valence-corrected chi connectivity index (χ1v) is 7.62. The Morgan fingerprint density at radius 3 is 2.90 bits per heavy atom. The summed E-state index contributed by atoms with van der Waals surface area (Å²) in [6, 6.07) is 5.65. The zero-order chi connectivity index (χ0) is 14.4. The summed E-state index contributed by atoms with van der Waals surface area (Å²) < 4.78 is 0. The maximum atomic E-state index is 12.1. The second-order valence-electron chi connectivity index (χ2n) is 5.20. The van der Waals surface area contributed by atoms with Gasteiger partial charge in [-0.2, -0.15) is 0 Å². The number of hydrogen-bond acceptors (Lipinski definition) is 4. The molecule has 1 saturated heterocycles. The van der Waals surface area contributed by atoms with E-state index in [0.29, 0.717) is 0 Å². The zero-order valence-corrected chi connectivity index (χ0v) is 12.9. The molecular formula is C15H23N3OS. The summed E-state index contributed by atoms with van der Waals surface area (Å²) in [6.07, 6.45) is 0.991. The third-order valence-corrected chi connectivity index (χ3v) is 3.89. The summed E-state index contributed by atoms with van der Waals surface area (Å²) in [5.74, 6) is -0.00119.